The van der Waals surface area contributed by atoms with Crippen LogP contribution in [0.1, 0.15) is 11.3 Å². The summed E-state index contributed by atoms with van der Waals surface area (Å²) in [6.07, 6.45) is 4.31. The summed E-state index contributed by atoms with van der Waals surface area (Å²) in [5.74, 6) is 0. The lowest BCUT2D eigenvalue weighted by atomic mass is 10.2. The highest BCUT2D eigenvalue weighted by molar-refractivity contribution is 5.85. The number of benzene rings is 2. The van der Waals surface area contributed by atoms with Gasteiger partial charge in [0.25, 0.3) is 0 Å². The molecule has 1 heterocycles. The van der Waals surface area contributed by atoms with Crippen molar-refractivity contribution in [2.24, 2.45) is 7.05 Å². The van der Waals surface area contributed by atoms with Gasteiger partial charge in [0.2, 0.25) is 0 Å². The van der Waals surface area contributed by atoms with Crippen LogP contribution in [0.3, 0.4) is 0 Å². The van der Waals surface area contributed by atoms with Crippen molar-refractivity contribution in [3.05, 3.63) is 71.9 Å². The standard InChI is InChI=1S/C17H15N/c1-18-16(12-11-14-7-3-2-4-8-14)13-15-9-5-6-10-17(15)18/h2-13H,1H3/b12-11+. The van der Waals surface area contributed by atoms with Gasteiger partial charge in [0.1, 0.15) is 0 Å². The minimum atomic E-state index is 1.22. The van der Waals surface area contributed by atoms with Crippen LogP contribution < -0.4 is 0 Å². The molecule has 0 saturated heterocycles. The molecule has 0 saturated carbocycles. The van der Waals surface area contributed by atoms with E-state index < -0.39 is 0 Å². The number of fused-ring (bicyclic) bond motifs is 1. The fraction of sp³-hybridized carbons (Fsp3) is 0.0588. The maximum absolute atomic E-state index is 2.22. The Bertz CT molecular complexity index is 690. The van der Waals surface area contributed by atoms with Crippen LogP contribution in [0.2, 0.25) is 0 Å². The lowest BCUT2D eigenvalue weighted by Gasteiger charge is -1.99. The molecule has 0 fully saturated rings. The molecule has 0 aliphatic rings. The molecule has 1 aromatic heterocycles. The lowest BCUT2D eigenvalue weighted by molar-refractivity contribution is 0.955. The van der Waals surface area contributed by atoms with E-state index in [4.69, 9.17) is 0 Å². The number of nitrogens with zero attached hydrogens (tertiary/aromatic N) is 1. The van der Waals surface area contributed by atoms with E-state index in [1.807, 2.05) is 6.07 Å². The molecule has 18 heavy (non-hydrogen) atoms. The van der Waals surface area contributed by atoms with Crippen molar-refractivity contribution >= 4 is 23.1 Å². The number of aryl methyl sites for hydroxylation is 1. The van der Waals surface area contributed by atoms with Crippen molar-refractivity contribution in [1.29, 1.82) is 0 Å². The molecule has 0 unspecified atom stereocenters. The predicted molar refractivity (Wildman–Crippen MR) is 78.3 cm³/mol. The first-order valence-electron chi connectivity index (χ1n) is 6.12. The molecule has 88 valence electrons. The molecule has 0 spiro atoms. The molecule has 0 aliphatic heterocycles. The average Bonchev–Trinajstić information content (AvgIpc) is 2.75. The van der Waals surface area contributed by atoms with Crippen LogP contribution in [0.5, 0.6) is 0 Å². The van der Waals surface area contributed by atoms with Crippen LogP contribution >= 0.6 is 0 Å². The Morgan fingerprint density at radius 2 is 1.56 bits per heavy atom. The second kappa shape index (κ2) is 4.53. The monoisotopic (exact) mass is 233 g/mol. The van der Waals surface area contributed by atoms with Gasteiger partial charge in [-0.3, -0.25) is 0 Å². The van der Waals surface area contributed by atoms with Gasteiger partial charge < -0.3 is 4.57 Å². The number of hydrogen-bond donors (Lipinski definition) is 0. The minimum Gasteiger partial charge on any atom is -0.344 e. The Morgan fingerprint density at radius 1 is 0.833 bits per heavy atom. The second-order valence-electron chi connectivity index (χ2n) is 4.43. The van der Waals surface area contributed by atoms with Crippen molar-refractivity contribution in [2.75, 3.05) is 0 Å². The number of rotatable bonds is 2. The minimum absolute atomic E-state index is 1.22. The molecular formula is C17H15N. The van der Waals surface area contributed by atoms with E-state index in [1.165, 1.54) is 22.2 Å². The Kier molecular flexibility index (Phi) is 2.73. The molecular weight excluding hydrogens is 218 g/mol. The summed E-state index contributed by atoms with van der Waals surface area (Å²) in [5, 5.41) is 1.28. The Labute approximate surface area is 107 Å². The smallest absolute Gasteiger partial charge is 0.0482 e. The number of hydrogen-bond acceptors (Lipinski definition) is 0. The van der Waals surface area contributed by atoms with Crippen LogP contribution in [-0.4, -0.2) is 4.57 Å². The van der Waals surface area contributed by atoms with Gasteiger partial charge in [-0.25, -0.2) is 0 Å². The molecule has 1 heteroatoms. The topological polar surface area (TPSA) is 4.93 Å². The molecule has 3 rings (SSSR count). The normalized spacial score (nSPS) is 11.4. The van der Waals surface area contributed by atoms with E-state index in [9.17, 15) is 0 Å². The Balaban J connectivity index is 2.00. The van der Waals surface area contributed by atoms with E-state index >= 15 is 0 Å². The molecule has 0 atom stereocenters. The molecule has 0 amide bonds. The average molecular weight is 233 g/mol. The molecule has 2 aromatic carbocycles. The van der Waals surface area contributed by atoms with Crippen LogP contribution in [-0.2, 0) is 7.05 Å². The van der Waals surface area contributed by atoms with Gasteiger partial charge >= 0.3 is 0 Å². The van der Waals surface area contributed by atoms with Crippen molar-refractivity contribution < 1.29 is 0 Å². The van der Waals surface area contributed by atoms with E-state index in [2.05, 4.69) is 78.4 Å². The van der Waals surface area contributed by atoms with Gasteiger partial charge in [-0.1, -0.05) is 54.6 Å². The first-order valence-corrected chi connectivity index (χ1v) is 6.12. The second-order valence-corrected chi connectivity index (χ2v) is 4.43. The van der Waals surface area contributed by atoms with E-state index in [-0.39, 0.29) is 0 Å². The predicted octanol–water partition coefficient (Wildman–Crippen LogP) is 4.35. The van der Waals surface area contributed by atoms with Gasteiger partial charge in [0.15, 0.2) is 0 Å². The molecule has 0 aliphatic carbocycles. The summed E-state index contributed by atoms with van der Waals surface area (Å²) in [5.41, 5.74) is 3.72. The van der Waals surface area contributed by atoms with E-state index in [1.54, 1.807) is 0 Å². The van der Waals surface area contributed by atoms with Gasteiger partial charge in [-0.2, -0.15) is 0 Å². The van der Waals surface area contributed by atoms with Crippen LogP contribution in [0.15, 0.2) is 60.7 Å². The molecule has 0 N–H and O–H groups in total. The first-order chi connectivity index (χ1) is 8.84. The van der Waals surface area contributed by atoms with Gasteiger partial charge in [0, 0.05) is 23.6 Å². The highest BCUT2D eigenvalue weighted by Gasteiger charge is 2.01. The largest absolute Gasteiger partial charge is 0.344 e. The zero-order valence-electron chi connectivity index (χ0n) is 10.4. The molecule has 1 nitrogen and oxygen atoms in total. The summed E-state index contributed by atoms with van der Waals surface area (Å²) < 4.78 is 2.22. The maximum Gasteiger partial charge on any atom is 0.0482 e. The molecule has 3 aromatic rings. The van der Waals surface area contributed by atoms with Crippen LogP contribution in [0.25, 0.3) is 23.1 Å². The SMILES string of the molecule is Cn1c(/C=C/c2ccccc2)cc2ccccc21. The zero-order chi connectivity index (χ0) is 12.4. The fourth-order valence-corrected chi connectivity index (χ4v) is 2.22. The van der Waals surface area contributed by atoms with Gasteiger partial charge in [0.05, 0.1) is 0 Å². The summed E-state index contributed by atoms with van der Waals surface area (Å²) in [6.45, 7) is 0. The van der Waals surface area contributed by atoms with Gasteiger partial charge in [-0.05, 0) is 23.8 Å². The Morgan fingerprint density at radius 3 is 2.33 bits per heavy atom. The summed E-state index contributed by atoms with van der Waals surface area (Å²) in [4.78, 5) is 0. The van der Waals surface area contributed by atoms with Crippen LogP contribution in [0.4, 0.5) is 0 Å². The maximum atomic E-state index is 2.22. The van der Waals surface area contributed by atoms with Gasteiger partial charge in [-0.15, -0.1) is 0 Å². The number of para-hydroxylation sites is 1. The quantitative estimate of drug-likeness (QED) is 0.620. The summed E-state index contributed by atoms with van der Waals surface area (Å²) in [7, 11) is 2.10. The Hall–Kier alpha value is -2.28. The third-order valence-electron chi connectivity index (χ3n) is 3.23. The van der Waals surface area contributed by atoms with Crippen molar-refractivity contribution in [1.82, 2.24) is 4.57 Å². The highest BCUT2D eigenvalue weighted by Crippen LogP contribution is 2.19. The van der Waals surface area contributed by atoms with Crippen molar-refractivity contribution in [2.45, 2.75) is 0 Å². The van der Waals surface area contributed by atoms with Crippen molar-refractivity contribution in [3.63, 3.8) is 0 Å². The molecule has 0 bridgehead atoms. The van der Waals surface area contributed by atoms with E-state index in [0.717, 1.165) is 0 Å². The fourth-order valence-electron chi connectivity index (χ4n) is 2.22. The number of aromatic nitrogens is 1. The van der Waals surface area contributed by atoms with Crippen molar-refractivity contribution in [3.8, 4) is 0 Å². The molecule has 0 radical (unpaired) electrons. The first kappa shape index (κ1) is 10.8. The highest BCUT2D eigenvalue weighted by atomic mass is 14.9. The third-order valence-corrected chi connectivity index (χ3v) is 3.23. The van der Waals surface area contributed by atoms with Crippen LogP contribution in [0, 0.1) is 0 Å². The lowest BCUT2D eigenvalue weighted by Crippen LogP contribution is -1.89. The summed E-state index contributed by atoms with van der Waals surface area (Å²) in [6, 6.07) is 21.0. The zero-order valence-corrected chi connectivity index (χ0v) is 10.4. The third kappa shape index (κ3) is 1.95. The summed E-state index contributed by atoms with van der Waals surface area (Å²) >= 11 is 0. The van der Waals surface area contributed by atoms with E-state index in [0.29, 0.717) is 0 Å².